The maximum absolute atomic E-state index is 12.9. The molecular weight excluding hydrogens is 440 g/mol. The van der Waals surface area contributed by atoms with Crippen molar-refractivity contribution in [2.24, 2.45) is 0 Å². The smallest absolute Gasteiger partial charge is 0.339 e. The van der Waals surface area contributed by atoms with Gasteiger partial charge in [0.05, 0.1) is 28.8 Å². The Labute approximate surface area is 194 Å². The number of anilines is 1. The van der Waals surface area contributed by atoms with Crippen LogP contribution in [0.3, 0.4) is 0 Å². The van der Waals surface area contributed by atoms with Crippen molar-refractivity contribution in [1.29, 1.82) is 0 Å². The van der Waals surface area contributed by atoms with E-state index in [1.807, 2.05) is 31.2 Å². The van der Waals surface area contributed by atoms with E-state index in [1.54, 1.807) is 18.4 Å². The first kappa shape index (κ1) is 21.3. The number of hydrogen-bond acceptors (Lipinski definition) is 8. The average molecular weight is 463 g/mol. The molecule has 3 heterocycles. The van der Waals surface area contributed by atoms with E-state index < -0.39 is 5.97 Å². The number of amides is 1. The zero-order valence-electron chi connectivity index (χ0n) is 18.3. The molecule has 0 saturated heterocycles. The summed E-state index contributed by atoms with van der Waals surface area (Å²) in [6.07, 6.45) is 2.26. The summed E-state index contributed by atoms with van der Waals surface area (Å²) in [6, 6.07) is 9.39. The minimum Gasteiger partial charge on any atom is -0.456 e. The molecule has 9 heteroatoms. The molecule has 1 aliphatic carbocycles. The van der Waals surface area contributed by atoms with Crippen molar-refractivity contribution in [3.8, 4) is 0 Å². The number of aryl methyl sites for hydroxylation is 2. The molecule has 4 aromatic rings. The first-order valence-electron chi connectivity index (χ1n) is 10.7. The standard InChI is InChI=1S/C24H22N4O4S/c1-13-5-3-4-6-18(13)26-20(29)10-21-25-16(12-33-21)11-31-24(30)17-9-19(15-7-8-15)27-23-22(17)14(2)28-32-23/h3-6,9,12,15H,7-8,10-11H2,1-2H3,(H,26,29). The summed E-state index contributed by atoms with van der Waals surface area (Å²) in [6.45, 7) is 3.73. The lowest BCUT2D eigenvalue weighted by Gasteiger charge is -2.07. The van der Waals surface area contributed by atoms with Gasteiger partial charge in [-0.1, -0.05) is 23.4 Å². The summed E-state index contributed by atoms with van der Waals surface area (Å²) in [5, 5.41) is 9.89. The molecule has 1 saturated carbocycles. The van der Waals surface area contributed by atoms with Gasteiger partial charge in [-0.05, 0) is 44.4 Å². The Hall–Kier alpha value is -3.59. The summed E-state index contributed by atoms with van der Waals surface area (Å²) in [7, 11) is 0. The number of ether oxygens (including phenoxy) is 1. The van der Waals surface area contributed by atoms with Gasteiger partial charge < -0.3 is 14.6 Å². The highest BCUT2D eigenvalue weighted by molar-refractivity contribution is 7.09. The number of thiazole rings is 1. The average Bonchev–Trinajstić information content (AvgIpc) is 3.46. The third kappa shape index (κ3) is 4.63. The Bertz CT molecular complexity index is 1360. The molecule has 1 N–H and O–H groups in total. The Kier molecular flexibility index (Phi) is 5.63. The van der Waals surface area contributed by atoms with Crippen LogP contribution in [-0.2, 0) is 22.6 Å². The van der Waals surface area contributed by atoms with Crippen molar-refractivity contribution < 1.29 is 18.8 Å². The number of aromatic nitrogens is 3. The van der Waals surface area contributed by atoms with Gasteiger partial charge >= 0.3 is 5.97 Å². The molecule has 168 valence electrons. The van der Waals surface area contributed by atoms with Crippen LogP contribution in [-0.4, -0.2) is 27.0 Å². The van der Waals surface area contributed by atoms with Crippen molar-refractivity contribution in [2.75, 3.05) is 5.32 Å². The van der Waals surface area contributed by atoms with Crippen molar-refractivity contribution in [3.05, 3.63) is 68.9 Å². The maximum atomic E-state index is 12.9. The van der Waals surface area contributed by atoms with Crippen LogP contribution in [0.5, 0.6) is 0 Å². The van der Waals surface area contributed by atoms with E-state index in [4.69, 9.17) is 9.26 Å². The number of pyridine rings is 1. The van der Waals surface area contributed by atoms with Crippen LogP contribution in [0.25, 0.3) is 11.1 Å². The second-order valence-corrected chi connectivity index (χ2v) is 9.11. The quantitative estimate of drug-likeness (QED) is 0.396. The fraction of sp³-hybridized carbons (Fsp3) is 0.292. The number of carbonyl (C=O) groups is 2. The van der Waals surface area contributed by atoms with Crippen molar-refractivity contribution in [2.45, 2.75) is 45.6 Å². The second kappa shape index (κ2) is 8.74. The minimum atomic E-state index is -0.470. The number of carbonyl (C=O) groups excluding carboxylic acids is 2. The van der Waals surface area contributed by atoms with Gasteiger partial charge in [-0.3, -0.25) is 4.79 Å². The van der Waals surface area contributed by atoms with E-state index in [0.29, 0.717) is 39.0 Å². The number of fused-ring (bicyclic) bond motifs is 1. The Morgan fingerprint density at radius 1 is 1.21 bits per heavy atom. The van der Waals surface area contributed by atoms with Gasteiger partial charge in [0.25, 0.3) is 5.71 Å². The van der Waals surface area contributed by atoms with Crippen molar-refractivity contribution in [3.63, 3.8) is 0 Å². The monoisotopic (exact) mass is 462 g/mol. The number of para-hydroxylation sites is 1. The predicted octanol–water partition coefficient (Wildman–Crippen LogP) is 4.71. The molecule has 5 rings (SSSR count). The van der Waals surface area contributed by atoms with Crippen LogP contribution < -0.4 is 5.32 Å². The minimum absolute atomic E-state index is 0.0155. The molecule has 0 spiro atoms. The number of benzene rings is 1. The normalized spacial score (nSPS) is 13.3. The third-order valence-electron chi connectivity index (χ3n) is 5.53. The lowest BCUT2D eigenvalue weighted by Crippen LogP contribution is -2.15. The highest BCUT2D eigenvalue weighted by Crippen LogP contribution is 2.40. The van der Waals surface area contributed by atoms with E-state index in [1.165, 1.54) is 11.3 Å². The predicted molar refractivity (Wildman–Crippen MR) is 123 cm³/mol. The van der Waals surface area contributed by atoms with Gasteiger partial charge in [0.2, 0.25) is 5.91 Å². The second-order valence-electron chi connectivity index (χ2n) is 8.17. The summed E-state index contributed by atoms with van der Waals surface area (Å²) in [4.78, 5) is 34.2. The molecule has 1 aromatic carbocycles. The first-order chi connectivity index (χ1) is 16.0. The SMILES string of the molecule is Cc1ccccc1NC(=O)Cc1nc(COC(=O)c2cc(C3CC3)nc3onc(C)c23)cs1. The van der Waals surface area contributed by atoms with Gasteiger partial charge in [0.1, 0.15) is 11.6 Å². The fourth-order valence-corrected chi connectivity index (χ4v) is 4.40. The maximum Gasteiger partial charge on any atom is 0.339 e. The van der Waals surface area contributed by atoms with Crippen LogP contribution in [0.15, 0.2) is 40.2 Å². The third-order valence-corrected chi connectivity index (χ3v) is 6.43. The molecular formula is C24H22N4O4S. The highest BCUT2D eigenvalue weighted by Gasteiger charge is 2.29. The van der Waals surface area contributed by atoms with Crippen molar-refractivity contribution in [1.82, 2.24) is 15.1 Å². The van der Waals surface area contributed by atoms with Crippen LogP contribution in [0, 0.1) is 13.8 Å². The number of rotatable bonds is 7. The lowest BCUT2D eigenvalue weighted by atomic mass is 10.1. The number of esters is 1. The van der Waals surface area contributed by atoms with Gasteiger partial charge in [0, 0.05) is 22.7 Å². The van der Waals surface area contributed by atoms with Gasteiger partial charge in [-0.25, -0.2) is 14.8 Å². The van der Waals surface area contributed by atoms with Gasteiger partial charge in [0.15, 0.2) is 0 Å². The van der Waals surface area contributed by atoms with E-state index in [2.05, 4.69) is 20.4 Å². The Balaban J connectivity index is 1.24. The molecule has 0 unspecified atom stereocenters. The summed E-state index contributed by atoms with van der Waals surface area (Å²) in [5.74, 6) is -0.252. The zero-order valence-corrected chi connectivity index (χ0v) is 19.1. The van der Waals surface area contributed by atoms with E-state index in [0.717, 1.165) is 29.8 Å². The zero-order chi connectivity index (χ0) is 22.9. The van der Waals surface area contributed by atoms with E-state index in [9.17, 15) is 9.59 Å². The number of hydrogen-bond donors (Lipinski definition) is 1. The van der Waals surface area contributed by atoms with Crippen molar-refractivity contribution >= 4 is 40.0 Å². The summed E-state index contributed by atoms with van der Waals surface area (Å²) < 4.78 is 10.8. The molecule has 1 fully saturated rings. The van der Waals surface area contributed by atoms with Crippen LogP contribution in [0.2, 0.25) is 0 Å². The molecule has 1 amide bonds. The molecule has 1 aliphatic rings. The first-order valence-corrected chi connectivity index (χ1v) is 11.6. The van der Waals surface area contributed by atoms with E-state index >= 15 is 0 Å². The van der Waals surface area contributed by atoms with Gasteiger partial charge in [-0.15, -0.1) is 11.3 Å². The van der Waals surface area contributed by atoms with Gasteiger partial charge in [-0.2, -0.15) is 0 Å². The molecule has 3 aromatic heterocycles. The van der Waals surface area contributed by atoms with Crippen LogP contribution in [0.1, 0.15) is 56.8 Å². The summed E-state index contributed by atoms with van der Waals surface area (Å²) in [5.41, 5.74) is 4.58. The molecule has 0 atom stereocenters. The Morgan fingerprint density at radius 3 is 2.82 bits per heavy atom. The lowest BCUT2D eigenvalue weighted by molar-refractivity contribution is -0.115. The number of nitrogens with zero attached hydrogens (tertiary/aromatic N) is 3. The molecule has 33 heavy (non-hydrogen) atoms. The number of nitrogens with one attached hydrogen (secondary N) is 1. The molecule has 0 bridgehead atoms. The topological polar surface area (TPSA) is 107 Å². The largest absolute Gasteiger partial charge is 0.456 e. The molecule has 0 radical (unpaired) electrons. The Morgan fingerprint density at radius 2 is 2.03 bits per heavy atom. The van der Waals surface area contributed by atoms with Crippen LogP contribution in [0.4, 0.5) is 5.69 Å². The fourth-order valence-electron chi connectivity index (χ4n) is 3.62. The molecule has 8 nitrogen and oxygen atoms in total. The summed E-state index contributed by atoms with van der Waals surface area (Å²) >= 11 is 1.36. The van der Waals surface area contributed by atoms with Crippen LogP contribution >= 0.6 is 11.3 Å². The van der Waals surface area contributed by atoms with E-state index in [-0.39, 0.29) is 18.9 Å². The molecule has 0 aliphatic heterocycles. The highest BCUT2D eigenvalue weighted by atomic mass is 32.1.